The Bertz CT molecular complexity index is 1160. The highest BCUT2D eigenvalue weighted by Crippen LogP contribution is 2.30. The monoisotopic (exact) mass is 493 g/mol. The molecule has 0 fully saturated rings. The van der Waals surface area contributed by atoms with Crippen molar-refractivity contribution in [1.82, 2.24) is 4.57 Å². The number of imidazole rings is 1. The summed E-state index contributed by atoms with van der Waals surface area (Å²) in [4.78, 5) is 25.0. The van der Waals surface area contributed by atoms with E-state index in [9.17, 15) is 9.59 Å². The number of hydrogen-bond donors (Lipinski definition) is 1. The Balaban J connectivity index is 0.00000289. The molecule has 0 bridgehead atoms. The van der Waals surface area contributed by atoms with E-state index in [-0.39, 0.29) is 31.5 Å². The molecule has 2 aromatic carbocycles. The van der Waals surface area contributed by atoms with Crippen LogP contribution in [0.5, 0.6) is 0 Å². The Hall–Kier alpha value is -2.54. The van der Waals surface area contributed by atoms with Crippen molar-refractivity contribution in [1.29, 1.82) is 0 Å². The quantitative estimate of drug-likeness (QED) is 0.417. The van der Waals surface area contributed by atoms with E-state index in [2.05, 4.69) is 9.88 Å². The fourth-order valence-corrected chi connectivity index (χ4v) is 4.15. The van der Waals surface area contributed by atoms with E-state index >= 15 is 0 Å². The van der Waals surface area contributed by atoms with Gasteiger partial charge in [0.25, 0.3) is 11.7 Å². The molecule has 6 nitrogen and oxygen atoms in total. The number of aromatic nitrogens is 2. The van der Waals surface area contributed by atoms with Crippen LogP contribution in [0.2, 0.25) is 10.0 Å². The number of para-hydroxylation sites is 1. The summed E-state index contributed by atoms with van der Waals surface area (Å²) in [6.45, 7) is 3.03. The Morgan fingerprint density at radius 2 is 1.94 bits per heavy atom. The molecule has 0 spiro atoms. The zero-order valence-corrected chi connectivity index (χ0v) is 19.7. The van der Waals surface area contributed by atoms with Gasteiger partial charge in [0.15, 0.2) is 12.2 Å². The van der Waals surface area contributed by atoms with Gasteiger partial charge >= 0.3 is 5.97 Å². The zero-order valence-electron chi connectivity index (χ0n) is 17.4. The second kappa shape index (κ2) is 10.4. The van der Waals surface area contributed by atoms with E-state index in [0.717, 1.165) is 36.5 Å². The molecule has 1 N–H and O–H groups in total. The normalized spacial score (nSPS) is 12.1. The van der Waals surface area contributed by atoms with Gasteiger partial charge < -0.3 is 22.5 Å². The third kappa shape index (κ3) is 4.93. The first kappa shape index (κ1) is 24.1. The molecule has 0 aliphatic carbocycles. The van der Waals surface area contributed by atoms with Crippen molar-refractivity contribution in [2.45, 2.75) is 32.9 Å². The van der Waals surface area contributed by atoms with Gasteiger partial charge in [-0.15, -0.1) is 0 Å². The maximum Gasteiger partial charge on any atom is 0.340 e. The number of fused-ring (bicyclic) bond motifs is 1. The minimum atomic E-state index is -0.460. The van der Waals surface area contributed by atoms with Crippen LogP contribution in [-0.2, 0) is 29.0 Å². The number of ether oxygens (including phenoxy) is 1. The van der Waals surface area contributed by atoms with Gasteiger partial charge in [-0.25, -0.2) is 13.9 Å². The van der Waals surface area contributed by atoms with E-state index in [1.54, 1.807) is 37.3 Å². The number of halogens is 3. The number of anilines is 1. The average Bonchev–Trinajstić information content (AvgIpc) is 3.35. The zero-order chi connectivity index (χ0) is 22.0. The minimum Gasteiger partial charge on any atom is -1.00 e. The maximum absolute atomic E-state index is 12.8. The molecule has 168 valence electrons. The molecule has 1 aromatic heterocycles. The number of carbonyl (C=O) groups is 2. The highest BCUT2D eigenvalue weighted by molar-refractivity contribution is 6.42. The lowest BCUT2D eigenvalue weighted by molar-refractivity contribution is -0.690. The molecule has 4 rings (SSSR count). The summed E-state index contributed by atoms with van der Waals surface area (Å²) in [6.07, 6.45) is 3.86. The largest absolute Gasteiger partial charge is 1.00 e. The van der Waals surface area contributed by atoms with Crippen molar-refractivity contribution in [2.24, 2.45) is 0 Å². The first-order valence-electron chi connectivity index (χ1n) is 10.1. The van der Waals surface area contributed by atoms with Crippen LogP contribution in [-0.4, -0.2) is 23.1 Å². The van der Waals surface area contributed by atoms with Gasteiger partial charge in [0, 0.05) is 5.56 Å². The maximum atomic E-state index is 12.8. The van der Waals surface area contributed by atoms with Gasteiger partial charge in [0.05, 0.1) is 40.9 Å². The third-order valence-corrected chi connectivity index (χ3v) is 5.96. The van der Waals surface area contributed by atoms with Gasteiger partial charge in [-0.3, -0.25) is 4.79 Å². The summed E-state index contributed by atoms with van der Waals surface area (Å²) in [5.74, 6) is 0.398. The Morgan fingerprint density at radius 1 is 1.16 bits per heavy atom. The van der Waals surface area contributed by atoms with Crippen LogP contribution in [0.25, 0.3) is 11.3 Å². The number of hydrogen-bond acceptors (Lipinski definition) is 3. The number of benzene rings is 2. The Morgan fingerprint density at radius 3 is 2.69 bits per heavy atom. The van der Waals surface area contributed by atoms with E-state index in [4.69, 9.17) is 27.9 Å². The van der Waals surface area contributed by atoms with Crippen LogP contribution in [0.4, 0.5) is 5.69 Å². The van der Waals surface area contributed by atoms with Crippen LogP contribution >= 0.6 is 23.2 Å². The summed E-state index contributed by atoms with van der Waals surface area (Å²) >= 11 is 12.3. The van der Waals surface area contributed by atoms with Gasteiger partial charge in [-0.2, -0.15) is 0 Å². The molecule has 1 aliphatic heterocycles. The van der Waals surface area contributed by atoms with Gasteiger partial charge in [0.2, 0.25) is 0 Å². The Kier molecular flexibility index (Phi) is 7.82. The predicted octanol–water partition coefficient (Wildman–Crippen LogP) is 1.51. The standard InChI is InChI=1S/C23H21Cl2N3O3.ClH/c1-2-31-23(30)16-6-3-4-7-19(16)26-21(29)14-27-13-20(28-11-5-8-22(27)28)15-9-10-17(24)18(25)12-15;/h3-4,6-7,9-10,12-13H,2,5,8,11,14H2,1H3;1H. The summed E-state index contributed by atoms with van der Waals surface area (Å²) in [6, 6.07) is 12.4. The van der Waals surface area contributed by atoms with Crippen molar-refractivity contribution in [3.8, 4) is 11.3 Å². The molecule has 1 amide bonds. The smallest absolute Gasteiger partial charge is 0.340 e. The molecule has 0 atom stereocenters. The molecular weight excluding hydrogens is 473 g/mol. The molecule has 0 saturated heterocycles. The lowest BCUT2D eigenvalue weighted by atomic mass is 10.1. The van der Waals surface area contributed by atoms with E-state index in [0.29, 0.717) is 21.3 Å². The van der Waals surface area contributed by atoms with E-state index in [1.807, 2.05) is 22.9 Å². The Labute approximate surface area is 202 Å². The second-order valence-corrected chi connectivity index (χ2v) is 8.07. The average molecular weight is 495 g/mol. The van der Waals surface area contributed by atoms with Crippen LogP contribution in [0.3, 0.4) is 0 Å². The fourth-order valence-electron chi connectivity index (χ4n) is 3.86. The second-order valence-electron chi connectivity index (χ2n) is 7.26. The molecule has 2 heterocycles. The van der Waals surface area contributed by atoms with Crippen LogP contribution in [0, 0.1) is 0 Å². The topological polar surface area (TPSA) is 64.2 Å². The molecule has 3 aromatic rings. The number of rotatable bonds is 6. The van der Waals surface area contributed by atoms with Gasteiger partial charge in [0.1, 0.15) is 6.20 Å². The van der Waals surface area contributed by atoms with Gasteiger partial charge in [-0.1, -0.05) is 35.3 Å². The first-order valence-corrected chi connectivity index (χ1v) is 10.9. The summed E-state index contributed by atoms with van der Waals surface area (Å²) < 4.78 is 9.24. The lowest BCUT2D eigenvalue weighted by Crippen LogP contribution is -3.00. The lowest BCUT2D eigenvalue weighted by Gasteiger charge is -2.09. The molecule has 9 heteroatoms. The summed E-state index contributed by atoms with van der Waals surface area (Å²) in [5, 5.41) is 3.85. The fraction of sp³-hybridized carbons (Fsp3) is 0.261. The van der Waals surface area contributed by atoms with Crippen molar-refractivity contribution >= 4 is 40.8 Å². The SMILES string of the molecule is CCOC(=O)c1ccccc1NC(=O)C[n+]1cc(-c2ccc(Cl)c(Cl)c2)n2c1CCC2.[Cl-]. The highest BCUT2D eigenvalue weighted by atomic mass is 35.5. The van der Waals surface area contributed by atoms with Crippen molar-refractivity contribution in [2.75, 3.05) is 11.9 Å². The molecule has 0 unspecified atom stereocenters. The number of esters is 1. The van der Waals surface area contributed by atoms with E-state index in [1.165, 1.54) is 0 Å². The van der Waals surface area contributed by atoms with Crippen molar-refractivity contribution in [3.63, 3.8) is 0 Å². The summed E-state index contributed by atoms with van der Waals surface area (Å²) in [7, 11) is 0. The number of amides is 1. The number of nitrogens with one attached hydrogen (secondary N) is 1. The van der Waals surface area contributed by atoms with Crippen molar-refractivity contribution in [3.05, 3.63) is 70.1 Å². The molecule has 0 radical (unpaired) electrons. The minimum absolute atomic E-state index is 0. The number of carbonyl (C=O) groups excluding carboxylic acids is 2. The molecule has 0 saturated carbocycles. The molecule has 1 aliphatic rings. The number of nitrogens with zero attached hydrogens (tertiary/aromatic N) is 2. The van der Waals surface area contributed by atoms with Gasteiger partial charge in [-0.05, 0) is 43.7 Å². The molecular formula is C23H22Cl3N3O3. The first-order chi connectivity index (χ1) is 15.0. The highest BCUT2D eigenvalue weighted by Gasteiger charge is 2.30. The van der Waals surface area contributed by atoms with Crippen LogP contribution in [0.15, 0.2) is 48.7 Å². The van der Waals surface area contributed by atoms with Crippen molar-refractivity contribution < 1.29 is 31.3 Å². The van der Waals surface area contributed by atoms with Crippen LogP contribution < -0.4 is 22.3 Å². The van der Waals surface area contributed by atoms with Crippen LogP contribution in [0.1, 0.15) is 29.5 Å². The molecule has 32 heavy (non-hydrogen) atoms. The predicted molar refractivity (Wildman–Crippen MR) is 119 cm³/mol. The van der Waals surface area contributed by atoms with E-state index < -0.39 is 5.97 Å². The third-order valence-electron chi connectivity index (χ3n) is 5.22. The summed E-state index contributed by atoms with van der Waals surface area (Å²) in [5.41, 5.74) is 2.71.